The number of nitrogens with one attached hydrogen (secondary N) is 1. The number of piperidine rings is 1. The van der Waals surface area contributed by atoms with Crippen molar-refractivity contribution in [2.75, 3.05) is 19.6 Å². The van der Waals surface area contributed by atoms with Crippen molar-refractivity contribution in [3.63, 3.8) is 0 Å². The molecule has 0 aliphatic carbocycles. The zero-order valence-electron chi connectivity index (χ0n) is 18.3. The van der Waals surface area contributed by atoms with Gasteiger partial charge >= 0.3 is 0 Å². The fourth-order valence-corrected chi connectivity index (χ4v) is 4.35. The Bertz CT molecular complexity index is 1080. The molecule has 4 rings (SSSR count). The van der Waals surface area contributed by atoms with Crippen LogP contribution in [-0.2, 0) is 13.7 Å². The Morgan fingerprint density at radius 3 is 2.75 bits per heavy atom. The van der Waals surface area contributed by atoms with Gasteiger partial charge in [0.25, 0.3) is 11.8 Å². The van der Waals surface area contributed by atoms with Gasteiger partial charge < -0.3 is 15.0 Å². The van der Waals surface area contributed by atoms with Crippen molar-refractivity contribution < 1.29 is 14.3 Å². The summed E-state index contributed by atoms with van der Waals surface area (Å²) in [5.74, 6) is 0.921. The fraction of sp³-hybridized carbons (Fsp3) is 0.391. The standard InChI is InChI=1S/C23H27N5O3S/c1-16-26-20(15-32-16)14-31-21-5-3-4-18(10-21)23(30)28-8-6-17(7-9-28)11-24-22(29)19-12-25-27(2)13-19/h3-5,10,12-13,15,17H,6-9,11,14H2,1-2H3,(H,24,29). The second kappa shape index (κ2) is 9.95. The van der Waals surface area contributed by atoms with Gasteiger partial charge in [-0.15, -0.1) is 11.3 Å². The molecule has 32 heavy (non-hydrogen) atoms. The molecular weight excluding hydrogens is 426 g/mol. The van der Waals surface area contributed by atoms with Crippen LogP contribution in [0.5, 0.6) is 5.75 Å². The third-order valence-corrected chi connectivity index (χ3v) is 6.38. The average Bonchev–Trinajstić information content (AvgIpc) is 3.44. The maximum absolute atomic E-state index is 13.0. The van der Waals surface area contributed by atoms with E-state index in [0.717, 1.165) is 23.5 Å². The van der Waals surface area contributed by atoms with Gasteiger partial charge in [-0.1, -0.05) is 6.07 Å². The molecule has 1 N–H and O–H groups in total. The van der Waals surface area contributed by atoms with Gasteiger partial charge in [0.2, 0.25) is 0 Å². The molecule has 2 aromatic heterocycles. The van der Waals surface area contributed by atoms with Crippen LogP contribution in [0.25, 0.3) is 0 Å². The summed E-state index contributed by atoms with van der Waals surface area (Å²) in [5, 5.41) is 9.99. The van der Waals surface area contributed by atoms with E-state index in [2.05, 4.69) is 15.4 Å². The fourth-order valence-electron chi connectivity index (χ4n) is 3.75. The Morgan fingerprint density at radius 1 is 1.25 bits per heavy atom. The van der Waals surface area contributed by atoms with Crippen molar-refractivity contribution >= 4 is 23.2 Å². The first-order valence-electron chi connectivity index (χ1n) is 10.7. The van der Waals surface area contributed by atoms with Crippen LogP contribution in [0.2, 0.25) is 0 Å². The largest absolute Gasteiger partial charge is 0.487 e. The first kappa shape index (κ1) is 22.0. The molecular formula is C23H27N5O3S. The summed E-state index contributed by atoms with van der Waals surface area (Å²) in [4.78, 5) is 31.4. The molecule has 9 heteroatoms. The van der Waals surface area contributed by atoms with E-state index in [0.29, 0.717) is 49.0 Å². The van der Waals surface area contributed by atoms with Gasteiger partial charge in [0.1, 0.15) is 12.4 Å². The SMILES string of the molecule is Cc1nc(COc2cccc(C(=O)N3CCC(CNC(=O)c4cnn(C)c4)CC3)c2)cs1. The Morgan fingerprint density at radius 2 is 2.06 bits per heavy atom. The van der Waals surface area contributed by atoms with E-state index in [1.54, 1.807) is 41.5 Å². The Kier molecular flexibility index (Phi) is 6.84. The van der Waals surface area contributed by atoms with E-state index in [9.17, 15) is 9.59 Å². The van der Waals surface area contributed by atoms with Crippen LogP contribution in [0.4, 0.5) is 0 Å². The summed E-state index contributed by atoms with van der Waals surface area (Å²) in [6.07, 6.45) is 4.98. The second-order valence-electron chi connectivity index (χ2n) is 8.02. The minimum absolute atomic E-state index is 0.0119. The third kappa shape index (κ3) is 5.53. The number of hydrogen-bond acceptors (Lipinski definition) is 6. The Labute approximate surface area is 191 Å². The molecule has 168 valence electrons. The van der Waals surface area contributed by atoms with Crippen LogP contribution in [0.3, 0.4) is 0 Å². The quantitative estimate of drug-likeness (QED) is 0.594. The van der Waals surface area contributed by atoms with Gasteiger partial charge in [0.05, 0.1) is 22.5 Å². The molecule has 3 aromatic rings. The first-order chi connectivity index (χ1) is 15.5. The molecule has 0 bridgehead atoms. The zero-order valence-corrected chi connectivity index (χ0v) is 19.1. The van der Waals surface area contributed by atoms with E-state index in [4.69, 9.17) is 4.74 Å². The number of benzene rings is 1. The van der Waals surface area contributed by atoms with Crippen LogP contribution in [0.15, 0.2) is 42.0 Å². The summed E-state index contributed by atoms with van der Waals surface area (Å²) in [5.41, 5.74) is 2.08. The molecule has 1 aliphatic heterocycles. The molecule has 0 spiro atoms. The number of carbonyl (C=O) groups excluding carboxylic acids is 2. The lowest BCUT2D eigenvalue weighted by atomic mass is 9.96. The van der Waals surface area contributed by atoms with Crippen molar-refractivity contribution in [2.45, 2.75) is 26.4 Å². The molecule has 0 unspecified atom stereocenters. The van der Waals surface area contributed by atoms with Crippen molar-refractivity contribution in [1.82, 2.24) is 25.0 Å². The highest BCUT2D eigenvalue weighted by molar-refractivity contribution is 7.09. The molecule has 3 heterocycles. The van der Waals surface area contributed by atoms with E-state index < -0.39 is 0 Å². The van der Waals surface area contributed by atoms with Crippen LogP contribution in [-0.4, -0.2) is 51.1 Å². The molecule has 1 saturated heterocycles. The number of thiazole rings is 1. The number of hydrogen-bond donors (Lipinski definition) is 1. The van der Waals surface area contributed by atoms with E-state index >= 15 is 0 Å². The second-order valence-corrected chi connectivity index (χ2v) is 9.08. The number of carbonyl (C=O) groups is 2. The monoisotopic (exact) mass is 453 g/mol. The lowest BCUT2D eigenvalue weighted by Crippen LogP contribution is -2.41. The predicted molar refractivity (Wildman–Crippen MR) is 122 cm³/mol. The van der Waals surface area contributed by atoms with Crippen LogP contribution in [0, 0.1) is 12.8 Å². The summed E-state index contributed by atoms with van der Waals surface area (Å²) in [7, 11) is 1.78. The molecule has 8 nitrogen and oxygen atoms in total. The van der Waals surface area contributed by atoms with Gasteiger partial charge in [0, 0.05) is 43.8 Å². The topological polar surface area (TPSA) is 89.3 Å². The number of ether oxygens (including phenoxy) is 1. The van der Waals surface area contributed by atoms with Crippen molar-refractivity contribution in [3.8, 4) is 5.75 Å². The number of nitrogens with zero attached hydrogens (tertiary/aromatic N) is 4. The average molecular weight is 454 g/mol. The minimum atomic E-state index is -0.110. The van der Waals surface area contributed by atoms with E-state index in [-0.39, 0.29) is 11.8 Å². The number of amides is 2. The van der Waals surface area contributed by atoms with Crippen molar-refractivity contribution in [1.29, 1.82) is 0 Å². The molecule has 0 radical (unpaired) electrons. The molecule has 1 aliphatic rings. The Hall–Kier alpha value is -3.20. The normalized spacial score (nSPS) is 14.4. The summed E-state index contributed by atoms with van der Waals surface area (Å²) in [6.45, 7) is 4.31. The number of aromatic nitrogens is 3. The lowest BCUT2D eigenvalue weighted by molar-refractivity contribution is 0.0684. The molecule has 0 saturated carbocycles. The highest BCUT2D eigenvalue weighted by Gasteiger charge is 2.24. The van der Waals surface area contributed by atoms with E-state index in [1.807, 2.05) is 35.4 Å². The third-order valence-electron chi connectivity index (χ3n) is 5.55. The number of aryl methyl sites for hydroxylation is 2. The molecule has 1 aromatic carbocycles. The lowest BCUT2D eigenvalue weighted by Gasteiger charge is -2.32. The highest BCUT2D eigenvalue weighted by Crippen LogP contribution is 2.21. The molecule has 2 amide bonds. The number of rotatable bonds is 7. The van der Waals surface area contributed by atoms with Crippen molar-refractivity contribution in [3.05, 3.63) is 63.9 Å². The van der Waals surface area contributed by atoms with Gasteiger partial charge in [-0.3, -0.25) is 14.3 Å². The van der Waals surface area contributed by atoms with Crippen LogP contribution >= 0.6 is 11.3 Å². The van der Waals surface area contributed by atoms with Crippen molar-refractivity contribution in [2.24, 2.45) is 13.0 Å². The first-order valence-corrected chi connectivity index (χ1v) is 11.6. The summed E-state index contributed by atoms with van der Waals surface area (Å²) >= 11 is 1.59. The maximum Gasteiger partial charge on any atom is 0.254 e. The maximum atomic E-state index is 13.0. The van der Waals surface area contributed by atoms with Gasteiger partial charge in [-0.05, 0) is 43.9 Å². The minimum Gasteiger partial charge on any atom is -0.487 e. The van der Waals surface area contributed by atoms with Gasteiger partial charge in [-0.25, -0.2) is 4.98 Å². The van der Waals surface area contributed by atoms with Crippen LogP contribution in [0.1, 0.15) is 44.3 Å². The molecule has 1 fully saturated rings. The summed E-state index contributed by atoms with van der Waals surface area (Å²) < 4.78 is 7.43. The zero-order chi connectivity index (χ0) is 22.5. The smallest absolute Gasteiger partial charge is 0.254 e. The van der Waals surface area contributed by atoms with Gasteiger partial charge in [0.15, 0.2) is 0 Å². The summed E-state index contributed by atoms with van der Waals surface area (Å²) in [6, 6.07) is 7.31. The van der Waals surface area contributed by atoms with Gasteiger partial charge in [-0.2, -0.15) is 5.10 Å². The predicted octanol–water partition coefficient (Wildman–Crippen LogP) is 3.05. The highest BCUT2D eigenvalue weighted by atomic mass is 32.1. The Balaban J connectivity index is 1.25. The van der Waals surface area contributed by atoms with E-state index in [1.165, 1.54) is 0 Å². The molecule has 0 atom stereocenters. The number of likely N-dealkylation sites (tertiary alicyclic amines) is 1. The van der Waals surface area contributed by atoms with Crippen LogP contribution < -0.4 is 10.1 Å².